The third-order valence-electron chi connectivity index (χ3n) is 3.61. The third kappa shape index (κ3) is 3.68. The fraction of sp³-hybridized carbons (Fsp3) is 0.294. The molecule has 0 saturated heterocycles. The van der Waals surface area contributed by atoms with Gasteiger partial charge in [0.25, 0.3) is 5.56 Å². The van der Waals surface area contributed by atoms with E-state index in [2.05, 4.69) is 19.9 Å². The van der Waals surface area contributed by atoms with E-state index in [-0.39, 0.29) is 5.56 Å². The lowest BCUT2D eigenvalue weighted by Crippen LogP contribution is -2.17. The van der Waals surface area contributed by atoms with Crippen LogP contribution in [0.4, 0.5) is 5.82 Å². The van der Waals surface area contributed by atoms with Crippen molar-refractivity contribution in [1.29, 1.82) is 0 Å². The Kier molecular flexibility index (Phi) is 4.71. The summed E-state index contributed by atoms with van der Waals surface area (Å²) in [6, 6.07) is 5.37. The maximum Gasteiger partial charge on any atom is 0.251 e. The van der Waals surface area contributed by atoms with Crippen LogP contribution in [0.25, 0.3) is 11.4 Å². The van der Waals surface area contributed by atoms with E-state index in [0.29, 0.717) is 12.4 Å². The average molecular weight is 341 g/mol. The number of anilines is 1. The van der Waals surface area contributed by atoms with Gasteiger partial charge < -0.3 is 9.88 Å². The van der Waals surface area contributed by atoms with Gasteiger partial charge in [-0.15, -0.1) is 11.3 Å². The largest absolute Gasteiger partial charge is 0.353 e. The Morgan fingerprint density at radius 1 is 1.29 bits per heavy atom. The molecular weight excluding hydrogens is 322 g/mol. The Balaban J connectivity index is 1.80. The number of H-pyrrole nitrogens is 1. The summed E-state index contributed by atoms with van der Waals surface area (Å²) in [4.78, 5) is 29.9. The van der Waals surface area contributed by atoms with E-state index in [1.54, 1.807) is 17.5 Å². The quantitative estimate of drug-likeness (QED) is 0.772. The van der Waals surface area contributed by atoms with Gasteiger partial charge in [0.1, 0.15) is 16.6 Å². The van der Waals surface area contributed by atoms with Gasteiger partial charge in [0.05, 0.1) is 6.54 Å². The van der Waals surface area contributed by atoms with Crippen molar-refractivity contribution < 1.29 is 0 Å². The number of rotatable bonds is 5. The summed E-state index contributed by atoms with van der Waals surface area (Å²) in [6.07, 6.45) is 2.45. The SMILES string of the molecule is CCc1cc(=O)[nH]c(-c2ccc(N(C)Cc3nc(C)cs3)nc2)n1. The lowest BCUT2D eigenvalue weighted by atomic mass is 10.2. The second-order valence-electron chi connectivity index (χ2n) is 5.58. The van der Waals surface area contributed by atoms with Crippen molar-refractivity contribution >= 4 is 17.2 Å². The van der Waals surface area contributed by atoms with E-state index in [0.717, 1.165) is 34.2 Å². The molecule has 3 aromatic rings. The predicted molar refractivity (Wildman–Crippen MR) is 96.4 cm³/mol. The van der Waals surface area contributed by atoms with E-state index in [1.807, 2.05) is 43.3 Å². The molecule has 0 aliphatic carbocycles. The first-order valence-corrected chi connectivity index (χ1v) is 8.62. The van der Waals surface area contributed by atoms with Crippen molar-refractivity contribution in [2.45, 2.75) is 26.8 Å². The second-order valence-corrected chi connectivity index (χ2v) is 6.53. The molecule has 0 saturated carbocycles. The minimum atomic E-state index is -0.141. The van der Waals surface area contributed by atoms with Crippen LogP contribution in [-0.2, 0) is 13.0 Å². The van der Waals surface area contributed by atoms with Gasteiger partial charge in [-0.2, -0.15) is 0 Å². The molecule has 124 valence electrons. The molecule has 0 unspecified atom stereocenters. The molecule has 0 atom stereocenters. The second kappa shape index (κ2) is 6.92. The molecule has 7 heteroatoms. The zero-order valence-electron chi connectivity index (χ0n) is 13.9. The number of thiazole rings is 1. The van der Waals surface area contributed by atoms with Gasteiger partial charge in [0.2, 0.25) is 0 Å². The fourth-order valence-electron chi connectivity index (χ4n) is 2.34. The van der Waals surface area contributed by atoms with Gasteiger partial charge in [-0.05, 0) is 25.5 Å². The molecule has 0 amide bonds. The van der Waals surface area contributed by atoms with Crippen LogP contribution >= 0.6 is 11.3 Å². The van der Waals surface area contributed by atoms with Gasteiger partial charge in [-0.3, -0.25) is 4.79 Å². The Hall–Kier alpha value is -2.54. The van der Waals surface area contributed by atoms with E-state index in [9.17, 15) is 4.79 Å². The van der Waals surface area contributed by atoms with Crippen LogP contribution < -0.4 is 10.5 Å². The molecule has 3 rings (SSSR count). The topological polar surface area (TPSA) is 74.8 Å². The molecule has 0 aromatic carbocycles. The van der Waals surface area contributed by atoms with Gasteiger partial charge in [0.15, 0.2) is 0 Å². The summed E-state index contributed by atoms with van der Waals surface area (Å²) >= 11 is 1.65. The molecular formula is C17H19N5OS. The summed E-state index contributed by atoms with van der Waals surface area (Å²) < 4.78 is 0. The molecule has 0 aliphatic rings. The smallest absolute Gasteiger partial charge is 0.251 e. The number of aryl methyl sites for hydroxylation is 2. The van der Waals surface area contributed by atoms with Crippen LogP contribution in [0.3, 0.4) is 0 Å². The van der Waals surface area contributed by atoms with E-state index in [1.165, 1.54) is 6.07 Å². The summed E-state index contributed by atoms with van der Waals surface area (Å²) in [5.41, 5.74) is 2.47. The van der Waals surface area contributed by atoms with Gasteiger partial charge in [0, 0.05) is 41.6 Å². The highest BCUT2D eigenvalue weighted by Gasteiger charge is 2.08. The lowest BCUT2D eigenvalue weighted by molar-refractivity contribution is 0.883. The van der Waals surface area contributed by atoms with Crippen LogP contribution in [-0.4, -0.2) is 27.0 Å². The van der Waals surface area contributed by atoms with Crippen LogP contribution in [0.2, 0.25) is 0 Å². The van der Waals surface area contributed by atoms with Gasteiger partial charge >= 0.3 is 0 Å². The molecule has 1 N–H and O–H groups in total. The van der Waals surface area contributed by atoms with Crippen molar-refractivity contribution in [3.8, 4) is 11.4 Å². The zero-order valence-corrected chi connectivity index (χ0v) is 14.7. The Labute approximate surface area is 144 Å². The Bertz CT molecular complexity index is 884. The van der Waals surface area contributed by atoms with Crippen LogP contribution in [0.5, 0.6) is 0 Å². The van der Waals surface area contributed by atoms with Crippen molar-refractivity contribution in [1.82, 2.24) is 19.9 Å². The summed E-state index contributed by atoms with van der Waals surface area (Å²) in [5.74, 6) is 1.40. The predicted octanol–water partition coefficient (Wildman–Crippen LogP) is 2.80. The van der Waals surface area contributed by atoms with Crippen molar-refractivity contribution in [3.05, 3.63) is 56.5 Å². The van der Waals surface area contributed by atoms with E-state index in [4.69, 9.17) is 0 Å². The number of hydrogen-bond donors (Lipinski definition) is 1. The minimum Gasteiger partial charge on any atom is -0.353 e. The van der Waals surface area contributed by atoms with Crippen molar-refractivity contribution in [2.75, 3.05) is 11.9 Å². The van der Waals surface area contributed by atoms with Gasteiger partial charge in [-0.1, -0.05) is 6.92 Å². The van der Waals surface area contributed by atoms with Crippen LogP contribution in [0.1, 0.15) is 23.3 Å². The maximum atomic E-state index is 11.7. The number of aromatic amines is 1. The molecule has 0 aliphatic heterocycles. The summed E-state index contributed by atoms with van der Waals surface area (Å²) in [6.45, 7) is 4.68. The molecule has 24 heavy (non-hydrogen) atoms. The Morgan fingerprint density at radius 2 is 2.12 bits per heavy atom. The average Bonchev–Trinajstić information content (AvgIpc) is 2.99. The minimum absolute atomic E-state index is 0.141. The molecule has 0 bridgehead atoms. The number of nitrogens with zero attached hydrogens (tertiary/aromatic N) is 4. The molecule has 0 radical (unpaired) electrons. The number of pyridine rings is 1. The first-order valence-electron chi connectivity index (χ1n) is 7.74. The highest BCUT2D eigenvalue weighted by molar-refractivity contribution is 7.09. The standard InChI is InChI=1S/C17H19N5OS/c1-4-13-7-15(23)21-17(20-13)12-5-6-14(18-8-12)22(3)9-16-19-11(2)10-24-16/h5-8,10H,4,9H2,1-3H3,(H,20,21,23). The van der Waals surface area contributed by atoms with Crippen molar-refractivity contribution in [2.24, 2.45) is 0 Å². The molecule has 6 nitrogen and oxygen atoms in total. The maximum absolute atomic E-state index is 11.7. The van der Waals surface area contributed by atoms with E-state index >= 15 is 0 Å². The lowest BCUT2D eigenvalue weighted by Gasteiger charge is -2.16. The highest BCUT2D eigenvalue weighted by atomic mass is 32.1. The number of aromatic nitrogens is 4. The van der Waals surface area contributed by atoms with Gasteiger partial charge in [-0.25, -0.2) is 15.0 Å². The van der Waals surface area contributed by atoms with Crippen LogP contribution in [0, 0.1) is 6.92 Å². The Morgan fingerprint density at radius 3 is 2.75 bits per heavy atom. The monoisotopic (exact) mass is 341 g/mol. The van der Waals surface area contributed by atoms with Crippen molar-refractivity contribution in [3.63, 3.8) is 0 Å². The molecule has 0 spiro atoms. The molecule has 3 aromatic heterocycles. The summed E-state index contributed by atoms with van der Waals surface area (Å²) in [7, 11) is 1.98. The van der Waals surface area contributed by atoms with E-state index < -0.39 is 0 Å². The molecule has 0 fully saturated rings. The highest BCUT2D eigenvalue weighted by Crippen LogP contribution is 2.19. The molecule has 3 heterocycles. The number of nitrogens with one attached hydrogen (secondary N) is 1. The van der Waals surface area contributed by atoms with Crippen LogP contribution in [0.15, 0.2) is 34.6 Å². The first-order chi connectivity index (χ1) is 11.5. The summed E-state index contributed by atoms with van der Waals surface area (Å²) in [5, 5.41) is 3.10. The fourth-order valence-corrected chi connectivity index (χ4v) is 3.16. The zero-order chi connectivity index (χ0) is 17.1. The normalized spacial score (nSPS) is 10.8. The third-order valence-corrected chi connectivity index (χ3v) is 4.56. The number of hydrogen-bond acceptors (Lipinski definition) is 6. The first kappa shape index (κ1) is 16.3.